The molecule has 0 saturated carbocycles. The Hall–Kier alpha value is -2.16. The van der Waals surface area contributed by atoms with Crippen molar-refractivity contribution >= 4 is 41.5 Å². The van der Waals surface area contributed by atoms with Crippen LogP contribution in [0, 0.1) is 0 Å². The highest BCUT2D eigenvalue weighted by atomic mass is 127. The van der Waals surface area contributed by atoms with Crippen molar-refractivity contribution in [1.82, 2.24) is 15.2 Å². The van der Waals surface area contributed by atoms with Crippen LogP contribution in [0.5, 0.6) is 0 Å². The van der Waals surface area contributed by atoms with Crippen LogP contribution in [0.2, 0.25) is 0 Å². The van der Waals surface area contributed by atoms with Gasteiger partial charge in [0.15, 0.2) is 5.96 Å². The van der Waals surface area contributed by atoms with Crippen molar-refractivity contribution in [3.63, 3.8) is 0 Å². The number of halogens is 1. The van der Waals surface area contributed by atoms with Gasteiger partial charge in [-0.25, -0.2) is 0 Å². The van der Waals surface area contributed by atoms with Crippen LogP contribution in [0.1, 0.15) is 18.9 Å². The summed E-state index contributed by atoms with van der Waals surface area (Å²) in [6.45, 7) is 4.24. The van der Waals surface area contributed by atoms with Gasteiger partial charge in [0.05, 0.1) is 18.4 Å². The Morgan fingerprint density at radius 3 is 2.70 bits per heavy atom. The minimum Gasteiger partial charge on any atom is -0.347 e. The average Bonchev–Trinajstić information content (AvgIpc) is 3.07. The van der Waals surface area contributed by atoms with Crippen LogP contribution in [0.15, 0.2) is 59.9 Å². The molecule has 1 saturated heterocycles. The van der Waals surface area contributed by atoms with E-state index in [9.17, 15) is 4.79 Å². The molecule has 1 unspecified atom stereocenters. The first-order valence-electron chi connectivity index (χ1n) is 8.82. The van der Waals surface area contributed by atoms with Crippen molar-refractivity contribution in [3.8, 4) is 0 Å². The topological polar surface area (TPSA) is 69.6 Å². The number of hydrogen-bond acceptors (Lipinski definition) is 3. The van der Waals surface area contributed by atoms with Gasteiger partial charge < -0.3 is 15.5 Å². The molecule has 27 heavy (non-hydrogen) atoms. The van der Waals surface area contributed by atoms with Crippen molar-refractivity contribution in [2.75, 3.05) is 32.0 Å². The number of benzene rings is 1. The molecule has 1 atom stereocenters. The van der Waals surface area contributed by atoms with Crippen LogP contribution >= 0.6 is 24.0 Å². The smallest absolute Gasteiger partial charge is 0.243 e. The predicted molar refractivity (Wildman–Crippen MR) is 120 cm³/mol. The molecule has 2 heterocycles. The van der Waals surface area contributed by atoms with E-state index in [0.29, 0.717) is 5.69 Å². The van der Waals surface area contributed by atoms with Gasteiger partial charge in [0.25, 0.3) is 0 Å². The molecule has 6 nitrogen and oxygen atoms in total. The molecule has 0 aliphatic carbocycles. The zero-order valence-corrected chi connectivity index (χ0v) is 18.0. The minimum absolute atomic E-state index is 0. The molecule has 7 heteroatoms. The zero-order valence-electron chi connectivity index (χ0n) is 15.7. The lowest BCUT2D eigenvalue weighted by molar-refractivity contribution is -0.115. The molecule has 0 spiro atoms. The third kappa shape index (κ3) is 5.41. The van der Waals surface area contributed by atoms with Gasteiger partial charge in [-0.15, -0.1) is 24.0 Å². The molecular formula is C20H26IN5O. The molecule has 2 aromatic rings. The third-order valence-electron chi connectivity index (χ3n) is 4.81. The maximum absolute atomic E-state index is 12.1. The van der Waals surface area contributed by atoms with Gasteiger partial charge in [0.2, 0.25) is 5.91 Å². The van der Waals surface area contributed by atoms with Gasteiger partial charge in [-0.3, -0.25) is 14.8 Å². The number of aromatic nitrogens is 1. The zero-order chi connectivity index (χ0) is 18.4. The van der Waals surface area contributed by atoms with E-state index in [4.69, 9.17) is 0 Å². The number of likely N-dealkylation sites (tertiary alicyclic amines) is 1. The summed E-state index contributed by atoms with van der Waals surface area (Å²) in [5.41, 5.74) is 2.12. The number of carbonyl (C=O) groups is 1. The van der Waals surface area contributed by atoms with Gasteiger partial charge in [-0.1, -0.05) is 37.3 Å². The van der Waals surface area contributed by atoms with E-state index in [-0.39, 0.29) is 41.8 Å². The molecule has 0 bridgehead atoms. The summed E-state index contributed by atoms with van der Waals surface area (Å²) in [4.78, 5) is 22.7. The van der Waals surface area contributed by atoms with E-state index in [2.05, 4.69) is 56.7 Å². The quantitative estimate of drug-likeness (QED) is 0.402. The maximum atomic E-state index is 12.1. The van der Waals surface area contributed by atoms with E-state index in [0.717, 1.165) is 25.5 Å². The minimum atomic E-state index is -0.121. The number of anilines is 1. The number of carbonyl (C=O) groups excluding carboxylic acids is 1. The van der Waals surface area contributed by atoms with Crippen LogP contribution < -0.4 is 10.6 Å². The standard InChI is InChI=1S/C20H25N5O.HI/c1-20(16-7-4-3-5-8-16)10-12-25(15-20)19(21-2)23-14-18(26)24-17-9-6-11-22-13-17;/h3-9,11,13H,10,12,14-15H2,1-2H3,(H,21,23)(H,24,26);1H. The number of hydrogen-bond donors (Lipinski definition) is 2. The van der Waals surface area contributed by atoms with Crippen LogP contribution in [-0.4, -0.2) is 48.4 Å². The van der Waals surface area contributed by atoms with E-state index < -0.39 is 0 Å². The molecule has 2 N–H and O–H groups in total. The van der Waals surface area contributed by atoms with Gasteiger partial charge in [0, 0.05) is 31.7 Å². The van der Waals surface area contributed by atoms with Crippen molar-refractivity contribution in [2.45, 2.75) is 18.8 Å². The summed E-state index contributed by atoms with van der Waals surface area (Å²) < 4.78 is 0. The summed E-state index contributed by atoms with van der Waals surface area (Å²) in [6, 6.07) is 14.2. The fourth-order valence-electron chi connectivity index (χ4n) is 3.35. The molecule has 144 valence electrons. The lowest BCUT2D eigenvalue weighted by Crippen LogP contribution is -2.44. The van der Waals surface area contributed by atoms with Crippen LogP contribution in [0.25, 0.3) is 0 Å². The van der Waals surface area contributed by atoms with Crippen LogP contribution in [0.4, 0.5) is 5.69 Å². The molecule has 1 aromatic carbocycles. The van der Waals surface area contributed by atoms with E-state index in [1.807, 2.05) is 12.1 Å². The van der Waals surface area contributed by atoms with Crippen molar-refractivity contribution in [1.29, 1.82) is 0 Å². The number of amides is 1. The summed E-state index contributed by atoms with van der Waals surface area (Å²) in [6.07, 6.45) is 4.35. The molecule has 1 aromatic heterocycles. The van der Waals surface area contributed by atoms with Crippen molar-refractivity contribution in [3.05, 3.63) is 60.4 Å². The summed E-state index contributed by atoms with van der Waals surface area (Å²) >= 11 is 0. The van der Waals surface area contributed by atoms with Gasteiger partial charge in [0.1, 0.15) is 0 Å². The SMILES string of the molecule is CN=C(NCC(=O)Nc1cccnc1)N1CCC(C)(c2ccccc2)C1.I. The molecule has 1 fully saturated rings. The number of nitrogens with one attached hydrogen (secondary N) is 2. The fourth-order valence-corrected chi connectivity index (χ4v) is 3.35. The first-order valence-corrected chi connectivity index (χ1v) is 8.82. The van der Waals surface area contributed by atoms with Crippen LogP contribution in [-0.2, 0) is 10.2 Å². The van der Waals surface area contributed by atoms with Crippen molar-refractivity contribution < 1.29 is 4.79 Å². The second-order valence-electron chi connectivity index (χ2n) is 6.79. The van der Waals surface area contributed by atoms with E-state index in [1.165, 1.54) is 5.56 Å². The fraction of sp³-hybridized carbons (Fsp3) is 0.350. The number of pyridine rings is 1. The Bertz CT molecular complexity index is 768. The monoisotopic (exact) mass is 479 g/mol. The highest BCUT2D eigenvalue weighted by molar-refractivity contribution is 14.0. The third-order valence-corrected chi connectivity index (χ3v) is 4.81. The first kappa shape index (κ1) is 21.1. The lowest BCUT2D eigenvalue weighted by atomic mass is 9.82. The second-order valence-corrected chi connectivity index (χ2v) is 6.79. The summed E-state index contributed by atoms with van der Waals surface area (Å²) in [5.74, 6) is 0.634. The summed E-state index contributed by atoms with van der Waals surface area (Å²) in [7, 11) is 1.75. The number of guanidine groups is 1. The molecule has 0 radical (unpaired) electrons. The average molecular weight is 479 g/mol. The normalized spacial score (nSPS) is 19.3. The highest BCUT2D eigenvalue weighted by Crippen LogP contribution is 2.33. The molecule has 1 amide bonds. The van der Waals surface area contributed by atoms with E-state index >= 15 is 0 Å². The number of rotatable bonds is 4. The largest absolute Gasteiger partial charge is 0.347 e. The van der Waals surface area contributed by atoms with Gasteiger partial charge in [-0.2, -0.15) is 0 Å². The molecular weight excluding hydrogens is 453 g/mol. The van der Waals surface area contributed by atoms with Crippen molar-refractivity contribution in [2.24, 2.45) is 4.99 Å². The van der Waals surface area contributed by atoms with Gasteiger partial charge >= 0.3 is 0 Å². The van der Waals surface area contributed by atoms with Gasteiger partial charge in [-0.05, 0) is 24.1 Å². The van der Waals surface area contributed by atoms with E-state index in [1.54, 1.807) is 25.5 Å². The predicted octanol–water partition coefficient (Wildman–Crippen LogP) is 2.88. The molecule has 1 aliphatic heterocycles. The molecule has 3 rings (SSSR count). The Labute approximate surface area is 177 Å². The molecule has 1 aliphatic rings. The van der Waals surface area contributed by atoms with Crippen LogP contribution in [0.3, 0.4) is 0 Å². The maximum Gasteiger partial charge on any atom is 0.243 e. The Kier molecular flexibility index (Phi) is 7.58. The summed E-state index contributed by atoms with van der Waals surface area (Å²) in [5, 5.41) is 5.98. The second kappa shape index (κ2) is 9.68. The Morgan fingerprint density at radius 1 is 1.26 bits per heavy atom. The highest BCUT2D eigenvalue weighted by Gasteiger charge is 2.36. The first-order chi connectivity index (χ1) is 12.6. The Balaban J connectivity index is 0.00000261. The number of nitrogens with zero attached hydrogens (tertiary/aromatic N) is 3. The lowest BCUT2D eigenvalue weighted by Gasteiger charge is -2.27. The number of aliphatic imine (C=N–C) groups is 1. The Morgan fingerprint density at radius 2 is 2.04 bits per heavy atom.